The number of imide groups is 1. The van der Waals surface area contributed by atoms with Crippen molar-refractivity contribution in [1.29, 1.82) is 0 Å². The highest BCUT2D eigenvalue weighted by molar-refractivity contribution is 6.74. The number of fused-ring (bicyclic) bond motifs is 2. The van der Waals surface area contributed by atoms with Gasteiger partial charge in [-0.15, -0.1) is 0 Å². The van der Waals surface area contributed by atoms with E-state index in [0.717, 1.165) is 16.5 Å². The third-order valence-corrected chi connectivity index (χ3v) is 12.5. The van der Waals surface area contributed by atoms with Crippen molar-refractivity contribution in [2.75, 3.05) is 11.9 Å². The van der Waals surface area contributed by atoms with E-state index in [2.05, 4.69) is 49.4 Å². The maximum atomic E-state index is 13.7. The molecule has 5 rings (SSSR count). The predicted octanol–water partition coefficient (Wildman–Crippen LogP) is 6.10. The van der Waals surface area contributed by atoms with Gasteiger partial charge in [-0.3, -0.25) is 24.4 Å². The largest absolute Gasteiger partial charge is 0.413 e. The Morgan fingerprint density at radius 1 is 1.00 bits per heavy atom. The van der Waals surface area contributed by atoms with Gasteiger partial charge in [-0.1, -0.05) is 57.2 Å². The first-order valence-corrected chi connectivity index (χ1v) is 16.3. The summed E-state index contributed by atoms with van der Waals surface area (Å²) in [4.78, 5) is 41.1. The van der Waals surface area contributed by atoms with E-state index < -0.39 is 26.0 Å². The fourth-order valence-electron chi connectivity index (χ4n) is 4.50. The number of hydrogen-bond acceptors (Lipinski definition) is 5. The van der Waals surface area contributed by atoms with Gasteiger partial charge >= 0.3 is 0 Å². The molecule has 1 aliphatic heterocycles. The number of carbonyl (C=O) groups is 3. The van der Waals surface area contributed by atoms with E-state index in [0.29, 0.717) is 29.0 Å². The molecule has 1 aromatic heterocycles. The van der Waals surface area contributed by atoms with E-state index >= 15 is 0 Å². The van der Waals surface area contributed by atoms with Crippen LogP contribution in [0.5, 0.6) is 0 Å². The maximum absolute atomic E-state index is 13.7. The van der Waals surface area contributed by atoms with Crippen LogP contribution in [0.25, 0.3) is 10.9 Å². The molecule has 2 heterocycles. The summed E-state index contributed by atoms with van der Waals surface area (Å²) >= 11 is 0. The second-order valence-corrected chi connectivity index (χ2v) is 16.6. The number of nitrogens with zero attached hydrogens (tertiary/aromatic N) is 2. The summed E-state index contributed by atoms with van der Waals surface area (Å²) in [5.41, 5.74) is 3.80. The van der Waals surface area contributed by atoms with Gasteiger partial charge in [0.1, 0.15) is 0 Å². The predicted molar refractivity (Wildman–Crippen MR) is 158 cm³/mol. The van der Waals surface area contributed by atoms with Gasteiger partial charge in [0.05, 0.1) is 35.4 Å². The molecule has 0 saturated heterocycles. The summed E-state index contributed by atoms with van der Waals surface area (Å²) < 4.78 is 6.36. The van der Waals surface area contributed by atoms with Crippen LogP contribution in [0.1, 0.15) is 58.5 Å². The summed E-state index contributed by atoms with van der Waals surface area (Å²) in [6.45, 7) is 11.4. The van der Waals surface area contributed by atoms with Gasteiger partial charge in [0.2, 0.25) is 5.91 Å². The van der Waals surface area contributed by atoms with Crippen LogP contribution in [0.3, 0.4) is 0 Å². The molecule has 9 heteroatoms. The third kappa shape index (κ3) is 5.35. The Hall–Kier alpha value is -4.08. The van der Waals surface area contributed by atoms with E-state index in [1.54, 1.807) is 42.6 Å². The van der Waals surface area contributed by atoms with Crippen molar-refractivity contribution in [2.45, 2.75) is 51.4 Å². The Balaban J connectivity index is 1.40. The second-order valence-electron chi connectivity index (χ2n) is 11.8. The average molecular weight is 555 g/mol. The lowest BCUT2D eigenvalue weighted by atomic mass is 9.96. The molecule has 0 bridgehead atoms. The number of aromatic amines is 1. The number of rotatable bonds is 8. The number of amides is 3. The van der Waals surface area contributed by atoms with Gasteiger partial charge in [0.25, 0.3) is 11.8 Å². The first-order valence-electron chi connectivity index (χ1n) is 13.4. The Morgan fingerprint density at radius 3 is 2.27 bits per heavy atom. The number of benzene rings is 3. The second kappa shape index (κ2) is 10.5. The lowest BCUT2D eigenvalue weighted by molar-refractivity contribution is -0.117. The third-order valence-electron chi connectivity index (χ3n) is 8.06. The van der Waals surface area contributed by atoms with Crippen LogP contribution in [-0.4, -0.2) is 47.7 Å². The molecule has 2 N–H and O–H groups in total. The molecule has 1 unspecified atom stereocenters. The van der Waals surface area contributed by atoms with Crippen LogP contribution in [0.4, 0.5) is 5.69 Å². The lowest BCUT2D eigenvalue weighted by Crippen LogP contribution is -2.40. The van der Waals surface area contributed by atoms with Crippen LogP contribution < -0.4 is 5.32 Å². The number of carbonyl (C=O) groups excluding carboxylic acids is 3. The zero-order valence-electron chi connectivity index (χ0n) is 23.4. The van der Waals surface area contributed by atoms with Crippen LogP contribution >= 0.6 is 0 Å². The summed E-state index contributed by atoms with van der Waals surface area (Å²) in [6, 6.07) is 19.9. The molecular formula is C31H34N4O4Si. The molecule has 0 spiro atoms. The Kier molecular flexibility index (Phi) is 7.20. The summed E-state index contributed by atoms with van der Waals surface area (Å²) in [5, 5.41) is 10.9. The Morgan fingerprint density at radius 2 is 1.65 bits per heavy atom. The van der Waals surface area contributed by atoms with Gasteiger partial charge in [0.15, 0.2) is 8.32 Å². The highest BCUT2D eigenvalue weighted by Gasteiger charge is 2.39. The SMILES string of the molecule is CC(C)(C)[Si](C)(C)OCc1ccc(C(CN2C(=O)c3ccccc3C2=O)C(=O)Nc2ccc3cn[nH]c3c2)cc1. The Labute approximate surface area is 234 Å². The van der Waals surface area contributed by atoms with Gasteiger partial charge in [0, 0.05) is 17.6 Å². The lowest BCUT2D eigenvalue weighted by Gasteiger charge is -2.36. The highest BCUT2D eigenvalue weighted by atomic mass is 28.4. The van der Waals surface area contributed by atoms with Crippen molar-refractivity contribution in [2.24, 2.45) is 0 Å². The summed E-state index contributed by atoms with van der Waals surface area (Å²) in [6.07, 6.45) is 1.71. The molecule has 1 aliphatic rings. The molecule has 3 aromatic carbocycles. The summed E-state index contributed by atoms with van der Waals surface area (Å²) in [5.74, 6) is -1.89. The van der Waals surface area contributed by atoms with Crippen molar-refractivity contribution in [3.8, 4) is 0 Å². The fourth-order valence-corrected chi connectivity index (χ4v) is 5.46. The molecule has 4 aromatic rings. The van der Waals surface area contributed by atoms with E-state index in [1.807, 2.05) is 30.3 Å². The number of nitrogens with one attached hydrogen (secondary N) is 2. The fraction of sp³-hybridized carbons (Fsp3) is 0.290. The molecule has 0 saturated carbocycles. The van der Waals surface area contributed by atoms with Crippen LogP contribution in [-0.2, 0) is 15.8 Å². The maximum Gasteiger partial charge on any atom is 0.261 e. The minimum atomic E-state index is -1.92. The first kappa shape index (κ1) is 27.5. The monoisotopic (exact) mass is 554 g/mol. The Bertz CT molecular complexity index is 1550. The van der Waals surface area contributed by atoms with E-state index in [9.17, 15) is 14.4 Å². The average Bonchev–Trinajstić information content (AvgIpc) is 3.48. The van der Waals surface area contributed by atoms with E-state index in [-0.39, 0.29) is 17.5 Å². The molecule has 3 amide bonds. The molecule has 40 heavy (non-hydrogen) atoms. The molecule has 0 radical (unpaired) electrons. The van der Waals surface area contributed by atoms with Crippen molar-refractivity contribution in [3.63, 3.8) is 0 Å². The first-order chi connectivity index (χ1) is 18.9. The van der Waals surface area contributed by atoms with Gasteiger partial charge in [-0.2, -0.15) is 5.10 Å². The van der Waals surface area contributed by atoms with Crippen molar-refractivity contribution < 1.29 is 18.8 Å². The smallest absolute Gasteiger partial charge is 0.261 e. The molecule has 1 atom stereocenters. The molecule has 0 aliphatic carbocycles. The van der Waals surface area contributed by atoms with E-state index in [4.69, 9.17) is 4.43 Å². The molecular weight excluding hydrogens is 520 g/mol. The summed E-state index contributed by atoms with van der Waals surface area (Å²) in [7, 11) is -1.92. The zero-order chi connectivity index (χ0) is 28.7. The molecule has 0 fully saturated rings. The van der Waals surface area contributed by atoms with Crippen molar-refractivity contribution in [1.82, 2.24) is 15.1 Å². The van der Waals surface area contributed by atoms with Crippen LogP contribution in [0, 0.1) is 0 Å². The van der Waals surface area contributed by atoms with E-state index in [1.165, 1.54) is 4.90 Å². The highest BCUT2D eigenvalue weighted by Crippen LogP contribution is 2.37. The quantitative estimate of drug-likeness (QED) is 0.202. The van der Waals surface area contributed by atoms with Crippen molar-refractivity contribution in [3.05, 3.63) is 95.2 Å². The number of anilines is 1. The van der Waals surface area contributed by atoms with Gasteiger partial charge < -0.3 is 9.74 Å². The normalized spacial score (nSPS) is 14.5. The molecule has 8 nitrogen and oxygen atoms in total. The molecule has 206 valence electrons. The van der Waals surface area contributed by atoms with Crippen molar-refractivity contribution >= 4 is 42.6 Å². The van der Waals surface area contributed by atoms with Gasteiger partial charge in [-0.25, -0.2) is 0 Å². The van der Waals surface area contributed by atoms with Crippen LogP contribution in [0.2, 0.25) is 18.1 Å². The minimum Gasteiger partial charge on any atom is -0.413 e. The minimum absolute atomic E-state index is 0.0791. The topological polar surface area (TPSA) is 104 Å². The standard InChI is InChI=1S/C31H34N4O4Si/c1-31(2,3)40(4,5)39-19-20-10-12-21(13-11-20)26(18-35-29(37)24-8-6-7-9-25(24)30(35)38)28(36)33-23-15-14-22-17-32-34-27(22)16-23/h6-17,26H,18-19H2,1-5H3,(H,32,34)(H,33,36). The number of aromatic nitrogens is 2. The van der Waals surface area contributed by atoms with Crippen LogP contribution in [0.15, 0.2) is 72.9 Å². The number of H-pyrrole nitrogens is 1. The number of hydrogen-bond donors (Lipinski definition) is 2. The zero-order valence-corrected chi connectivity index (χ0v) is 24.4. The van der Waals surface area contributed by atoms with Gasteiger partial charge in [-0.05, 0) is 59.6 Å².